The molecule has 2 aliphatic heterocycles. The molecule has 3 rings (SSSR count). The standard InChI is InChI=1S/C16H15F2NO4/c1-16(2)13-12(14(21)23-16)10(7-11(20)19-13)8-4-3-5-9(6-8)22-15(17)18/h3-6,10,15H,7H2,1-2H3,(H,19,20)/t10-/m0/s1. The third kappa shape index (κ3) is 2.78. The summed E-state index contributed by atoms with van der Waals surface area (Å²) < 4.78 is 34.4. The highest BCUT2D eigenvalue weighted by Gasteiger charge is 2.47. The van der Waals surface area contributed by atoms with Gasteiger partial charge in [0.25, 0.3) is 0 Å². The second kappa shape index (κ2) is 5.33. The van der Waals surface area contributed by atoms with Crippen molar-refractivity contribution >= 4 is 11.9 Å². The third-order valence-corrected chi connectivity index (χ3v) is 3.93. The molecule has 1 amide bonds. The van der Waals surface area contributed by atoms with Crippen LogP contribution < -0.4 is 10.1 Å². The van der Waals surface area contributed by atoms with Crippen molar-refractivity contribution in [1.29, 1.82) is 0 Å². The Morgan fingerprint density at radius 1 is 1.35 bits per heavy atom. The van der Waals surface area contributed by atoms with Crippen LogP contribution in [-0.4, -0.2) is 24.1 Å². The van der Waals surface area contributed by atoms with Gasteiger partial charge in [0.05, 0.1) is 11.3 Å². The van der Waals surface area contributed by atoms with Crippen molar-refractivity contribution in [2.24, 2.45) is 0 Å². The van der Waals surface area contributed by atoms with E-state index in [4.69, 9.17) is 4.74 Å². The van der Waals surface area contributed by atoms with Crippen LogP contribution in [0.15, 0.2) is 35.5 Å². The second-order valence-electron chi connectivity index (χ2n) is 5.94. The first kappa shape index (κ1) is 15.5. The van der Waals surface area contributed by atoms with Crippen LogP contribution >= 0.6 is 0 Å². The largest absolute Gasteiger partial charge is 0.450 e. The molecule has 0 saturated heterocycles. The van der Waals surface area contributed by atoms with Crippen molar-refractivity contribution in [1.82, 2.24) is 5.32 Å². The lowest BCUT2D eigenvalue weighted by molar-refractivity contribution is -0.144. The van der Waals surface area contributed by atoms with E-state index in [0.717, 1.165) is 0 Å². The van der Waals surface area contributed by atoms with E-state index >= 15 is 0 Å². The Kier molecular flexibility index (Phi) is 3.58. The SMILES string of the molecule is CC1(C)OC(=O)C2=C1NC(=O)C[C@H]2c1cccc(OC(F)F)c1. The normalized spacial score (nSPS) is 22.7. The van der Waals surface area contributed by atoms with Gasteiger partial charge in [0.15, 0.2) is 0 Å². The highest BCUT2D eigenvalue weighted by Crippen LogP contribution is 2.43. The molecule has 0 radical (unpaired) electrons. The Morgan fingerprint density at radius 2 is 2.09 bits per heavy atom. The van der Waals surface area contributed by atoms with E-state index in [2.05, 4.69) is 10.1 Å². The summed E-state index contributed by atoms with van der Waals surface area (Å²) in [5.74, 6) is -1.32. The lowest BCUT2D eigenvalue weighted by Gasteiger charge is -2.27. The van der Waals surface area contributed by atoms with Crippen LogP contribution in [-0.2, 0) is 14.3 Å². The van der Waals surface area contributed by atoms with E-state index in [1.54, 1.807) is 26.0 Å². The number of rotatable bonds is 3. The molecule has 2 heterocycles. The lowest BCUT2D eigenvalue weighted by atomic mass is 9.83. The summed E-state index contributed by atoms with van der Waals surface area (Å²) in [5.41, 5.74) is 0.436. The van der Waals surface area contributed by atoms with Crippen LogP contribution in [0, 0.1) is 0 Å². The van der Waals surface area contributed by atoms with Gasteiger partial charge in [-0.2, -0.15) is 8.78 Å². The molecule has 1 aromatic rings. The van der Waals surface area contributed by atoms with Gasteiger partial charge >= 0.3 is 12.6 Å². The summed E-state index contributed by atoms with van der Waals surface area (Å²) in [4.78, 5) is 24.2. The zero-order valence-electron chi connectivity index (χ0n) is 12.6. The molecule has 0 aliphatic carbocycles. The summed E-state index contributed by atoms with van der Waals surface area (Å²) in [6.45, 7) is 0.434. The molecule has 0 saturated carbocycles. The highest BCUT2D eigenvalue weighted by atomic mass is 19.3. The van der Waals surface area contributed by atoms with Crippen molar-refractivity contribution < 1.29 is 27.8 Å². The number of hydrogen-bond acceptors (Lipinski definition) is 4. The monoisotopic (exact) mass is 323 g/mol. The van der Waals surface area contributed by atoms with Gasteiger partial charge in [0.2, 0.25) is 5.91 Å². The fourth-order valence-electron chi connectivity index (χ4n) is 2.97. The van der Waals surface area contributed by atoms with Crippen molar-refractivity contribution in [3.8, 4) is 5.75 Å². The Balaban J connectivity index is 2.03. The van der Waals surface area contributed by atoms with Gasteiger partial charge in [-0.3, -0.25) is 4.79 Å². The number of esters is 1. The first-order valence-corrected chi connectivity index (χ1v) is 7.10. The van der Waals surface area contributed by atoms with Crippen molar-refractivity contribution in [3.05, 3.63) is 41.1 Å². The molecule has 0 bridgehead atoms. The number of nitrogens with one attached hydrogen (secondary N) is 1. The van der Waals surface area contributed by atoms with E-state index in [1.165, 1.54) is 12.1 Å². The molecule has 1 aromatic carbocycles. The van der Waals surface area contributed by atoms with E-state index in [-0.39, 0.29) is 18.1 Å². The predicted molar refractivity (Wildman–Crippen MR) is 75.8 cm³/mol. The molecule has 7 heteroatoms. The van der Waals surface area contributed by atoms with Gasteiger partial charge in [0.1, 0.15) is 11.4 Å². The molecule has 0 aromatic heterocycles. The minimum absolute atomic E-state index is 0.0174. The van der Waals surface area contributed by atoms with Crippen LogP contribution in [0.5, 0.6) is 5.75 Å². The van der Waals surface area contributed by atoms with Gasteiger partial charge in [-0.25, -0.2) is 4.79 Å². The van der Waals surface area contributed by atoms with Crippen LogP contribution in [0.1, 0.15) is 31.7 Å². The first-order valence-electron chi connectivity index (χ1n) is 7.10. The molecule has 0 spiro atoms. The Bertz CT molecular complexity index is 712. The van der Waals surface area contributed by atoms with Gasteiger partial charge in [-0.05, 0) is 31.5 Å². The average molecular weight is 323 g/mol. The van der Waals surface area contributed by atoms with Crippen LogP contribution in [0.4, 0.5) is 8.78 Å². The Morgan fingerprint density at radius 3 is 2.78 bits per heavy atom. The number of benzene rings is 1. The maximum Gasteiger partial charge on any atom is 0.387 e. The molecule has 5 nitrogen and oxygen atoms in total. The van der Waals surface area contributed by atoms with Crippen LogP contribution in [0.2, 0.25) is 0 Å². The molecule has 0 fully saturated rings. The summed E-state index contributed by atoms with van der Waals surface area (Å²) in [6.07, 6.45) is 0.0438. The van der Waals surface area contributed by atoms with Crippen LogP contribution in [0.25, 0.3) is 0 Å². The number of ether oxygens (including phenoxy) is 2. The topological polar surface area (TPSA) is 64.6 Å². The van der Waals surface area contributed by atoms with E-state index in [9.17, 15) is 18.4 Å². The summed E-state index contributed by atoms with van der Waals surface area (Å²) in [6, 6.07) is 6.03. The molecular weight excluding hydrogens is 308 g/mol. The second-order valence-corrected chi connectivity index (χ2v) is 5.94. The lowest BCUT2D eigenvalue weighted by Crippen LogP contribution is -2.38. The van der Waals surface area contributed by atoms with E-state index < -0.39 is 24.1 Å². The smallest absolute Gasteiger partial charge is 0.387 e. The van der Waals surface area contributed by atoms with E-state index in [0.29, 0.717) is 16.8 Å². The Hall–Kier alpha value is -2.44. The fourth-order valence-corrected chi connectivity index (χ4v) is 2.97. The molecule has 23 heavy (non-hydrogen) atoms. The van der Waals surface area contributed by atoms with Gasteiger partial charge in [0, 0.05) is 12.3 Å². The van der Waals surface area contributed by atoms with Gasteiger partial charge in [-0.15, -0.1) is 0 Å². The number of amides is 1. The quantitative estimate of drug-likeness (QED) is 0.868. The number of hydrogen-bond donors (Lipinski definition) is 1. The summed E-state index contributed by atoms with van der Waals surface area (Å²) in [5, 5.41) is 2.69. The number of alkyl halides is 2. The Labute approximate surface area is 131 Å². The maximum atomic E-state index is 12.4. The molecule has 2 aliphatic rings. The molecule has 122 valence electrons. The number of halogens is 2. The number of carbonyl (C=O) groups is 2. The molecular formula is C16H15F2NO4. The van der Waals surface area contributed by atoms with Crippen LogP contribution in [0.3, 0.4) is 0 Å². The van der Waals surface area contributed by atoms with Gasteiger partial charge in [-0.1, -0.05) is 12.1 Å². The average Bonchev–Trinajstić information content (AvgIpc) is 2.67. The van der Waals surface area contributed by atoms with E-state index in [1.807, 2.05) is 0 Å². The van der Waals surface area contributed by atoms with Gasteiger partial charge < -0.3 is 14.8 Å². The maximum absolute atomic E-state index is 12.4. The minimum Gasteiger partial charge on any atom is -0.450 e. The summed E-state index contributed by atoms with van der Waals surface area (Å²) in [7, 11) is 0. The summed E-state index contributed by atoms with van der Waals surface area (Å²) >= 11 is 0. The highest BCUT2D eigenvalue weighted by molar-refractivity contribution is 5.99. The third-order valence-electron chi connectivity index (χ3n) is 3.93. The number of carbonyl (C=O) groups excluding carboxylic acids is 2. The molecule has 0 unspecified atom stereocenters. The van der Waals surface area contributed by atoms with Crippen molar-refractivity contribution in [2.75, 3.05) is 0 Å². The molecule has 1 N–H and O–H groups in total. The van der Waals surface area contributed by atoms with Crippen molar-refractivity contribution in [3.63, 3.8) is 0 Å². The van der Waals surface area contributed by atoms with Crippen molar-refractivity contribution in [2.45, 2.75) is 38.4 Å². The fraction of sp³-hybridized carbons (Fsp3) is 0.375. The zero-order valence-corrected chi connectivity index (χ0v) is 12.6. The predicted octanol–water partition coefficient (Wildman–Crippen LogP) is 2.48. The minimum atomic E-state index is -2.94. The zero-order chi connectivity index (χ0) is 16.8. The molecule has 1 atom stereocenters. The number of cyclic esters (lactones) is 1. The first-order chi connectivity index (χ1) is 10.8.